The van der Waals surface area contributed by atoms with Crippen LogP contribution in [0.1, 0.15) is 48.3 Å². The minimum Gasteiger partial charge on any atom is -0.335 e. The van der Waals surface area contributed by atoms with Crippen LogP contribution in [0.3, 0.4) is 0 Å². The van der Waals surface area contributed by atoms with Crippen molar-refractivity contribution in [1.29, 1.82) is 0 Å². The van der Waals surface area contributed by atoms with Crippen molar-refractivity contribution in [1.82, 2.24) is 20.1 Å². The molecule has 5 nitrogen and oxygen atoms in total. The van der Waals surface area contributed by atoms with Crippen LogP contribution in [-0.4, -0.2) is 33.0 Å². The van der Waals surface area contributed by atoms with E-state index in [9.17, 15) is 4.79 Å². The second kappa shape index (κ2) is 5.68. The van der Waals surface area contributed by atoms with E-state index in [1.807, 2.05) is 45.9 Å². The largest absolute Gasteiger partial charge is 0.335 e. The third-order valence-corrected chi connectivity index (χ3v) is 3.24. The Balaban J connectivity index is 2.11. The fourth-order valence-corrected chi connectivity index (χ4v) is 2.02. The number of nitrogens with zero attached hydrogens (tertiary/aromatic N) is 3. The first kappa shape index (κ1) is 15.2. The highest BCUT2D eigenvalue weighted by Gasteiger charge is 2.23. The summed E-state index contributed by atoms with van der Waals surface area (Å²) in [5.74, 6) is 0.758. The molecule has 0 unspecified atom stereocenters. The second-order valence-corrected chi connectivity index (χ2v) is 6.41. The molecule has 0 aliphatic rings. The normalized spacial score (nSPS) is 11.5. The summed E-state index contributed by atoms with van der Waals surface area (Å²) in [6.07, 6.45) is 0. The van der Waals surface area contributed by atoms with Crippen molar-refractivity contribution >= 4 is 5.91 Å². The van der Waals surface area contributed by atoms with E-state index in [0.29, 0.717) is 6.54 Å². The lowest BCUT2D eigenvalue weighted by Gasteiger charge is -2.16. The zero-order valence-corrected chi connectivity index (χ0v) is 13.3. The number of H-pyrrole nitrogens is 1. The summed E-state index contributed by atoms with van der Waals surface area (Å²) in [4.78, 5) is 18.3. The first-order valence-electron chi connectivity index (χ1n) is 7.01. The quantitative estimate of drug-likeness (QED) is 0.943. The third-order valence-electron chi connectivity index (χ3n) is 3.24. The van der Waals surface area contributed by atoms with E-state index >= 15 is 0 Å². The van der Waals surface area contributed by atoms with Crippen molar-refractivity contribution in [3.63, 3.8) is 0 Å². The standard InChI is InChI=1S/C16H22N4O/c1-11-7-6-8-12(9-11)10-20(5)14(21)13-17-15(19-18-13)16(2,3)4/h6-9H,10H2,1-5H3,(H,17,18,19). The molecule has 1 aromatic carbocycles. The number of benzene rings is 1. The van der Waals surface area contributed by atoms with Gasteiger partial charge < -0.3 is 4.90 Å². The fourth-order valence-electron chi connectivity index (χ4n) is 2.02. The van der Waals surface area contributed by atoms with Crippen LogP contribution in [0.25, 0.3) is 0 Å². The maximum Gasteiger partial charge on any atom is 0.293 e. The van der Waals surface area contributed by atoms with Gasteiger partial charge in [-0.1, -0.05) is 50.6 Å². The Morgan fingerprint density at radius 1 is 1.33 bits per heavy atom. The van der Waals surface area contributed by atoms with Crippen LogP contribution < -0.4 is 0 Å². The van der Waals surface area contributed by atoms with Crippen LogP contribution >= 0.6 is 0 Å². The fraction of sp³-hybridized carbons (Fsp3) is 0.438. The molecule has 112 valence electrons. The van der Waals surface area contributed by atoms with Gasteiger partial charge in [-0.25, -0.2) is 4.98 Å². The summed E-state index contributed by atoms with van der Waals surface area (Å²) in [6, 6.07) is 8.11. The van der Waals surface area contributed by atoms with Gasteiger partial charge >= 0.3 is 0 Å². The molecular formula is C16H22N4O. The number of rotatable bonds is 3. The number of aromatic nitrogens is 3. The van der Waals surface area contributed by atoms with Gasteiger partial charge in [0.2, 0.25) is 5.82 Å². The lowest BCUT2D eigenvalue weighted by atomic mass is 9.96. The average molecular weight is 286 g/mol. The smallest absolute Gasteiger partial charge is 0.293 e. The summed E-state index contributed by atoms with van der Waals surface area (Å²) in [7, 11) is 1.76. The van der Waals surface area contributed by atoms with Crippen molar-refractivity contribution in [3.05, 3.63) is 47.0 Å². The van der Waals surface area contributed by atoms with E-state index in [1.165, 1.54) is 5.56 Å². The number of aryl methyl sites for hydroxylation is 1. The maximum atomic E-state index is 12.4. The van der Waals surface area contributed by atoms with Crippen LogP contribution in [0.15, 0.2) is 24.3 Å². The van der Waals surface area contributed by atoms with E-state index in [1.54, 1.807) is 11.9 Å². The zero-order valence-electron chi connectivity index (χ0n) is 13.3. The van der Waals surface area contributed by atoms with Crippen molar-refractivity contribution < 1.29 is 4.79 Å². The number of carbonyl (C=O) groups is 1. The molecule has 2 rings (SSSR count). The lowest BCUT2D eigenvalue weighted by molar-refractivity contribution is 0.0773. The van der Waals surface area contributed by atoms with E-state index in [2.05, 4.69) is 21.2 Å². The molecule has 5 heteroatoms. The maximum absolute atomic E-state index is 12.4. The molecule has 1 aromatic heterocycles. The highest BCUT2D eigenvalue weighted by atomic mass is 16.2. The Morgan fingerprint density at radius 2 is 2.05 bits per heavy atom. The summed E-state index contributed by atoms with van der Waals surface area (Å²) in [6.45, 7) is 8.66. The molecule has 0 atom stereocenters. The van der Waals surface area contributed by atoms with E-state index < -0.39 is 0 Å². The zero-order chi connectivity index (χ0) is 15.6. The van der Waals surface area contributed by atoms with Gasteiger partial charge in [-0.3, -0.25) is 9.89 Å². The Bertz CT molecular complexity index is 640. The van der Waals surface area contributed by atoms with Crippen LogP contribution in [0.4, 0.5) is 0 Å². The predicted molar refractivity (Wildman–Crippen MR) is 82.1 cm³/mol. The highest BCUT2D eigenvalue weighted by molar-refractivity contribution is 5.90. The topological polar surface area (TPSA) is 61.9 Å². The van der Waals surface area contributed by atoms with Crippen molar-refractivity contribution in [2.45, 2.75) is 39.7 Å². The van der Waals surface area contributed by atoms with Crippen molar-refractivity contribution in [2.24, 2.45) is 0 Å². The molecule has 0 radical (unpaired) electrons. The molecule has 1 N–H and O–H groups in total. The van der Waals surface area contributed by atoms with Gasteiger partial charge in [0.1, 0.15) is 5.82 Å². The highest BCUT2D eigenvalue weighted by Crippen LogP contribution is 2.17. The minimum absolute atomic E-state index is 0.152. The Morgan fingerprint density at radius 3 is 2.62 bits per heavy atom. The van der Waals surface area contributed by atoms with Crippen LogP contribution in [0.5, 0.6) is 0 Å². The molecule has 21 heavy (non-hydrogen) atoms. The molecule has 1 amide bonds. The first-order valence-corrected chi connectivity index (χ1v) is 7.01. The number of carbonyl (C=O) groups excluding carboxylic acids is 1. The molecule has 0 spiro atoms. The Labute approximate surface area is 125 Å². The van der Waals surface area contributed by atoms with Crippen LogP contribution in [0, 0.1) is 6.92 Å². The van der Waals surface area contributed by atoms with Gasteiger partial charge in [0.25, 0.3) is 5.91 Å². The SMILES string of the molecule is Cc1cccc(CN(C)C(=O)c2n[nH]c(C(C)(C)C)n2)c1. The average Bonchev–Trinajstić information content (AvgIpc) is 2.87. The lowest BCUT2D eigenvalue weighted by Crippen LogP contribution is -2.27. The Hall–Kier alpha value is -2.17. The third kappa shape index (κ3) is 3.68. The van der Waals surface area contributed by atoms with Gasteiger partial charge in [0, 0.05) is 19.0 Å². The van der Waals surface area contributed by atoms with Crippen molar-refractivity contribution in [2.75, 3.05) is 7.05 Å². The number of hydrogen-bond donors (Lipinski definition) is 1. The molecule has 0 bridgehead atoms. The summed E-state index contributed by atoms with van der Waals surface area (Å²) in [5, 5.41) is 6.88. The monoisotopic (exact) mass is 286 g/mol. The summed E-state index contributed by atoms with van der Waals surface area (Å²) >= 11 is 0. The molecule has 0 aliphatic heterocycles. The number of nitrogens with one attached hydrogen (secondary N) is 1. The van der Waals surface area contributed by atoms with E-state index in [4.69, 9.17) is 0 Å². The Kier molecular flexibility index (Phi) is 4.11. The first-order chi connectivity index (χ1) is 9.77. The summed E-state index contributed by atoms with van der Waals surface area (Å²) in [5.41, 5.74) is 2.12. The van der Waals surface area contributed by atoms with Crippen LogP contribution in [-0.2, 0) is 12.0 Å². The molecule has 0 aliphatic carbocycles. The van der Waals surface area contributed by atoms with Crippen molar-refractivity contribution in [3.8, 4) is 0 Å². The minimum atomic E-state index is -0.178. The molecule has 1 heterocycles. The predicted octanol–water partition coefficient (Wildman–Crippen LogP) is 2.68. The van der Waals surface area contributed by atoms with E-state index in [-0.39, 0.29) is 17.1 Å². The molecule has 2 aromatic rings. The van der Waals surface area contributed by atoms with Gasteiger partial charge in [0.05, 0.1) is 0 Å². The van der Waals surface area contributed by atoms with Crippen LogP contribution in [0.2, 0.25) is 0 Å². The van der Waals surface area contributed by atoms with Gasteiger partial charge in [-0.05, 0) is 12.5 Å². The number of hydrogen-bond acceptors (Lipinski definition) is 3. The second-order valence-electron chi connectivity index (χ2n) is 6.41. The molecule has 0 saturated carbocycles. The summed E-state index contributed by atoms with van der Waals surface area (Å²) < 4.78 is 0. The van der Waals surface area contributed by atoms with Gasteiger partial charge in [-0.2, -0.15) is 0 Å². The number of amides is 1. The number of aromatic amines is 1. The molecule has 0 fully saturated rings. The molecular weight excluding hydrogens is 264 g/mol. The van der Waals surface area contributed by atoms with Gasteiger partial charge in [0.15, 0.2) is 0 Å². The molecule has 0 saturated heterocycles. The van der Waals surface area contributed by atoms with Gasteiger partial charge in [-0.15, -0.1) is 5.10 Å². The van der Waals surface area contributed by atoms with E-state index in [0.717, 1.165) is 11.4 Å².